The normalized spacial score (nSPS) is 9.33. The Kier molecular flexibility index (Phi) is 3.87. The maximum absolute atomic E-state index is 12.1. The van der Waals surface area contributed by atoms with Crippen molar-refractivity contribution < 1.29 is 13.5 Å². The largest absolute Gasteiger partial charge is 0.433 e. The van der Waals surface area contributed by atoms with Gasteiger partial charge in [-0.05, 0) is 30.7 Å². The predicted molar refractivity (Wildman–Crippen MR) is 54.9 cm³/mol. The van der Waals surface area contributed by atoms with Crippen molar-refractivity contribution in [1.29, 1.82) is 0 Å². The summed E-state index contributed by atoms with van der Waals surface area (Å²) < 4.78 is 28.5. The molecule has 0 unspecified atom stereocenters. The molecule has 0 saturated heterocycles. The molecule has 0 aromatic heterocycles. The molecule has 0 bridgehead atoms. The fraction of sp³-hybridized carbons (Fsp3) is 0.167. The summed E-state index contributed by atoms with van der Waals surface area (Å²) in [6.07, 6.45) is 1.39. The Morgan fingerprint density at radius 3 is 2.80 bits per heavy atom. The fourth-order valence-corrected chi connectivity index (χ4v) is 1.06. The Morgan fingerprint density at radius 2 is 2.20 bits per heavy atom. The summed E-state index contributed by atoms with van der Waals surface area (Å²) in [4.78, 5) is 0. The van der Waals surface area contributed by atoms with Gasteiger partial charge in [-0.3, -0.25) is 0 Å². The van der Waals surface area contributed by atoms with Crippen molar-refractivity contribution in [2.24, 2.45) is 0 Å². The quantitative estimate of drug-likeness (QED) is 0.678. The molecule has 78 valence electrons. The third-order valence-corrected chi connectivity index (χ3v) is 1.66. The van der Waals surface area contributed by atoms with Crippen LogP contribution in [-0.4, -0.2) is 6.61 Å². The first-order chi connectivity index (χ1) is 7.13. The minimum absolute atomic E-state index is 0.0966. The molecule has 0 aliphatic rings. The number of halogens is 2. The van der Waals surface area contributed by atoms with Crippen LogP contribution in [0, 0.1) is 18.8 Å². The summed E-state index contributed by atoms with van der Waals surface area (Å²) in [5.74, 6) is 5.35. The number of allylic oxidation sites excluding steroid dienone is 1. The van der Waals surface area contributed by atoms with Gasteiger partial charge in [-0.15, -0.1) is 0 Å². The van der Waals surface area contributed by atoms with Crippen LogP contribution in [0.3, 0.4) is 0 Å². The Bertz CT molecular complexity index is 413. The lowest BCUT2D eigenvalue weighted by Gasteiger charge is -2.07. The average molecular weight is 208 g/mol. The molecule has 0 radical (unpaired) electrons. The van der Waals surface area contributed by atoms with Crippen LogP contribution in [0.1, 0.15) is 11.1 Å². The van der Waals surface area contributed by atoms with Crippen molar-refractivity contribution in [3.63, 3.8) is 0 Å². The molecular formula is C12H10F2O. The van der Waals surface area contributed by atoms with E-state index < -0.39 is 6.61 Å². The highest BCUT2D eigenvalue weighted by Crippen LogP contribution is 2.21. The lowest BCUT2D eigenvalue weighted by Crippen LogP contribution is -2.03. The molecule has 0 spiro atoms. The molecule has 1 aromatic carbocycles. The number of benzene rings is 1. The molecule has 0 saturated carbocycles. The van der Waals surface area contributed by atoms with E-state index in [1.807, 2.05) is 0 Å². The Labute approximate surface area is 87.4 Å². The molecular weight excluding hydrogens is 198 g/mol. The van der Waals surface area contributed by atoms with E-state index in [1.165, 1.54) is 12.1 Å². The predicted octanol–water partition coefficient (Wildman–Crippen LogP) is 3.13. The van der Waals surface area contributed by atoms with Crippen LogP contribution in [-0.2, 0) is 0 Å². The van der Waals surface area contributed by atoms with Gasteiger partial charge in [-0.2, -0.15) is 8.78 Å². The van der Waals surface area contributed by atoms with Gasteiger partial charge in [0, 0.05) is 0 Å². The second-order valence-electron chi connectivity index (χ2n) is 2.85. The summed E-state index contributed by atoms with van der Waals surface area (Å²) in [6.45, 7) is 2.38. The SMILES string of the molecule is C=CC#Cc1ccc(C)cc1OC(F)F. The molecule has 0 amide bonds. The monoisotopic (exact) mass is 208 g/mol. The minimum atomic E-state index is -2.84. The van der Waals surface area contributed by atoms with Gasteiger partial charge < -0.3 is 4.74 Å². The Hall–Kier alpha value is -1.82. The highest BCUT2D eigenvalue weighted by molar-refractivity contribution is 5.48. The van der Waals surface area contributed by atoms with Gasteiger partial charge in [0.15, 0.2) is 0 Å². The van der Waals surface area contributed by atoms with Gasteiger partial charge in [-0.1, -0.05) is 24.5 Å². The lowest BCUT2D eigenvalue weighted by atomic mass is 10.1. The number of hydrogen-bond acceptors (Lipinski definition) is 1. The number of alkyl halides is 2. The zero-order valence-electron chi connectivity index (χ0n) is 8.26. The maximum atomic E-state index is 12.1. The number of ether oxygens (including phenoxy) is 1. The van der Waals surface area contributed by atoms with Crippen molar-refractivity contribution >= 4 is 0 Å². The Balaban J connectivity index is 3.08. The molecule has 1 aromatic rings. The molecule has 15 heavy (non-hydrogen) atoms. The van der Waals surface area contributed by atoms with E-state index in [2.05, 4.69) is 23.2 Å². The Morgan fingerprint density at radius 1 is 1.47 bits per heavy atom. The topological polar surface area (TPSA) is 9.23 Å². The van der Waals surface area contributed by atoms with Gasteiger partial charge in [0.2, 0.25) is 0 Å². The molecule has 0 atom stereocenters. The van der Waals surface area contributed by atoms with E-state index in [0.29, 0.717) is 5.56 Å². The summed E-state index contributed by atoms with van der Waals surface area (Å²) in [5.41, 5.74) is 1.27. The third-order valence-electron chi connectivity index (χ3n) is 1.66. The zero-order chi connectivity index (χ0) is 11.3. The van der Waals surface area contributed by atoms with Crippen molar-refractivity contribution in [1.82, 2.24) is 0 Å². The van der Waals surface area contributed by atoms with Gasteiger partial charge in [0.25, 0.3) is 0 Å². The number of hydrogen-bond donors (Lipinski definition) is 0. The van der Waals surface area contributed by atoms with E-state index in [0.717, 1.165) is 5.56 Å². The van der Waals surface area contributed by atoms with Gasteiger partial charge in [0.05, 0.1) is 5.56 Å². The minimum Gasteiger partial charge on any atom is -0.433 e. The van der Waals surface area contributed by atoms with Gasteiger partial charge in [-0.25, -0.2) is 0 Å². The van der Waals surface area contributed by atoms with Crippen LogP contribution in [0.25, 0.3) is 0 Å². The molecule has 0 N–H and O–H groups in total. The van der Waals surface area contributed by atoms with Crippen LogP contribution < -0.4 is 4.74 Å². The highest BCUT2D eigenvalue weighted by atomic mass is 19.3. The third kappa shape index (κ3) is 3.43. The van der Waals surface area contributed by atoms with Gasteiger partial charge in [0.1, 0.15) is 5.75 Å². The molecule has 1 rings (SSSR count). The van der Waals surface area contributed by atoms with Crippen LogP contribution in [0.5, 0.6) is 5.75 Å². The fourth-order valence-electron chi connectivity index (χ4n) is 1.06. The first kappa shape index (κ1) is 11.3. The molecule has 0 aliphatic heterocycles. The van der Waals surface area contributed by atoms with E-state index >= 15 is 0 Å². The van der Waals surface area contributed by atoms with Crippen molar-refractivity contribution in [2.75, 3.05) is 0 Å². The molecule has 0 fully saturated rings. The smallest absolute Gasteiger partial charge is 0.387 e. The van der Waals surface area contributed by atoms with E-state index in [-0.39, 0.29) is 5.75 Å². The van der Waals surface area contributed by atoms with Crippen LogP contribution in [0.4, 0.5) is 8.78 Å². The highest BCUT2D eigenvalue weighted by Gasteiger charge is 2.08. The van der Waals surface area contributed by atoms with Crippen molar-refractivity contribution in [3.8, 4) is 17.6 Å². The van der Waals surface area contributed by atoms with Crippen LogP contribution in [0.2, 0.25) is 0 Å². The second kappa shape index (κ2) is 5.16. The maximum Gasteiger partial charge on any atom is 0.387 e. The van der Waals surface area contributed by atoms with E-state index in [1.54, 1.807) is 19.1 Å². The van der Waals surface area contributed by atoms with Crippen LogP contribution >= 0.6 is 0 Å². The second-order valence-corrected chi connectivity index (χ2v) is 2.85. The number of rotatable bonds is 2. The summed E-state index contributed by atoms with van der Waals surface area (Å²) >= 11 is 0. The molecule has 3 heteroatoms. The van der Waals surface area contributed by atoms with Gasteiger partial charge >= 0.3 is 6.61 Å². The summed E-state index contributed by atoms with van der Waals surface area (Å²) in [6, 6.07) is 4.95. The molecule has 0 heterocycles. The average Bonchev–Trinajstić information content (AvgIpc) is 2.16. The van der Waals surface area contributed by atoms with E-state index in [4.69, 9.17) is 0 Å². The first-order valence-electron chi connectivity index (χ1n) is 4.31. The first-order valence-corrected chi connectivity index (χ1v) is 4.31. The zero-order valence-corrected chi connectivity index (χ0v) is 8.26. The van der Waals surface area contributed by atoms with Crippen molar-refractivity contribution in [2.45, 2.75) is 13.5 Å². The molecule has 1 nitrogen and oxygen atoms in total. The molecule has 0 aliphatic carbocycles. The standard InChI is InChI=1S/C12H10F2O/c1-3-4-5-10-7-6-9(2)8-11(10)15-12(13)14/h3,6-8,12H,1H2,2H3. The number of aryl methyl sites for hydroxylation is 1. The van der Waals surface area contributed by atoms with Crippen molar-refractivity contribution in [3.05, 3.63) is 42.0 Å². The summed E-state index contributed by atoms with van der Waals surface area (Å²) in [7, 11) is 0. The van der Waals surface area contributed by atoms with E-state index in [9.17, 15) is 8.78 Å². The lowest BCUT2D eigenvalue weighted by molar-refractivity contribution is -0.0500. The summed E-state index contributed by atoms with van der Waals surface area (Å²) in [5, 5.41) is 0. The van der Waals surface area contributed by atoms with Crippen LogP contribution in [0.15, 0.2) is 30.9 Å².